The van der Waals surface area contributed by atoms with Crippen LogP contribution < -0.4 is 5.32 Å². The third-order valence-corrected chi connectivity index (χ3v) is 4.04. The van der Waals surface area contributed by atoms with E-state index in [2.05, 4.69) is 15.5 Å². The Morgan fingerprint density at radius 2 is 2.13 bits per heavy atom. The van der Waals surface area contributed by atoms with Gasteiger partial charge in [-0.2, -0.15) is 5.10 Å². The molecule has 2 amide bonds. The van der Waals surface area contributed by atoms with Crippen LogP contribution in [0.4, 0.5) is 0 Å². The van der Waals surface area contributed by atoms with Gasteiger partial charge in [0.1, 0.15) is 0 Å². The maximum Gasteiger partial charge on any atom is 0.224 e. The van der Waals surface area contributed by atoms with Gasteiger partial charge in [-0.1, -0.05) is 30.3 Å². The molecule has 1 saturated heterocycles. The smallest absolute Gasteiger partial charge is 0.224 e. The summed E-state index contributed by atoms with van der Waals surface area (Å²) in [5.41, 5.74) is 2.79. The van der Waals surface area contributed by atoms with Crippen LogP contribution in [0, 0.1) is 0 Å². The summed E-state index contributed by atoms with van der Waals surface area (Å²) >= 11 is 0. The first kappa shape index (κ1) is 15.3. The Kier molecular flexibility index (Phi) is 4.41. The number of nitrogens with zero attached hydrogens (tertiary/aromatic N) is 2. The standard InChI is InChI=1S/C17H20N4O2/c1-21(17(23)10-13-7-8-16(22)18-13)11-14-9-15(20-19-14)12-5-3-2-4-6-12/h2-6,9,13H,7-8,10-11H2,1H3,(H,18,22)(H,19,20). The Morgan fingerprint density at radius 1 is 1.35 bits per heavy atom. The number of hydrogen-bond acceptors (Lipinski definition) is 3. The molecule has 3 rings (SSSR count). The minimum atomic E-state index is -0.0286. The van der Waals surface area contributed by atoms with Crippen LogP contribution in [-0.2, 0) is 16.1 Å². The number of hydrogen-bond donors (Lipinski definition) is 2. The molecular formula is C17H20N4O2. The maximum absolute atomic E-state index is 12.2. The van der Waals surface area contributed by atoms with Crippen molar-refractivity contribution in [1.82, 2.24) is 20.4 Å². The molecule has 1 unspecified atom stereocenters. The summed E-state index contributed by atoms with van der Waals surface area (Å²) in [6.07, 6.45) is 1.60. The quantitative estimate of drug-likeness (QED) is 0.882. The van der Waals surface area contributed by atoms with Gasteiger partial charge in [0.15, 0.2) is 0 Å². The summed E-state index contributed by atoms with van der Waals surface area (Å²) < 4.78 is 0. The summed E-state index contributed by atoms with van der Waals surface area (Å²) in [5.74, 6) is 0.0552. The highest BCUT2D eigenvalue weighted by Gasteiger charge is 2.24. The van der Waals surface area contributed by atoms with Crippen molar-refractivity contribution in [2.24, 2.45) is 0 Å². The van der Waals surface area contributed by atoms with Crippen LogP contribution in [-0.4, -0.2) is 40.0 Å². The fourth-order valence-electron chi connectivity index (χ4n) is 2.74. The Hall–Kier alpha value is -2.63. The number of carbonyl (C=O) groups excluding carboxylic acids is 2. The Morgan fingerprint density at radius 3 is 2.83 bits per heavy atom. The summed E-state index contributed by atoms with van der Waals surface area (Å²) in [6.45, 7) is 0.472. The average Bonchev–Trinajstić information content (AvgIpc) is 3.17. The van der Waals surface area contributed by atoms with E-state index in [1.165, 1.54) is 0 Å². The summed E-state index contributed by atoms with van der Waals surface area (Å²) in [4.78, 5) is 25.1. The Labute approximate surface area is 134 Å². The van der Waals surface area contributed by atoms with E-state index in [1.54, 1.807) is 11.9 Å². The molecule has 6 nitrogen and oxygen atoms in total. The van der Waals surface area contributed by atoms with E-state index < -0.39 is 0 Å². The topological polar surface area (TPSA) is 78.1 Å². The molecule has 23 heavy (non-hydrogen) atoms. The van der Waals surface area contributed by atoms with Crippen molar-refractivity contribution in [3.05, 3.63) is 42.1 Å². The lowest BCUT2D eigenvalue weighted by Crippen LogP contribution is -2.34. The number of benzene rings is 1. The SMILES string of the molecule is CN(Cc1cc(-c2ccccc2)n[nH]1)C(=O)CC1CCC(=O)N1. The van der Waals surface area contributed by atoms with Gasteiger partial charge in [0.2, 0.25) is 11.8 Å². The molecule has 1 atom stereocenters. The number of rotatable bonds is 5. The van der Waals surface area contributed by atoms with Crippen molar-refractivity contribution < 1.29 is 9.59 Å². The molecule has 1 aliphatic rings. The van der Waals surface area contributed by atoms with Crippen molar-refractivity contribution in [2.75, 3.05) is 7.05 Å². The van der Waals surface area contributed by atoms with E-state index in [0.717, 1.165) is 23.4 Å². The van der Waals surface area contributed by atoms with Crippen molar-refractivity contribution >= 4 is 11.8 Å². The fourth-order valence-corrected chi connectivity index (χ4v) is 2.74. The lowest BCUT2D eigenvalue weighted by molar-refractivity contribution is -0.131. The molecule has 2 heterocycles. The molecule has 120 valence electrons. The lowest BCUT2D eigenvalue weighted by Gasteiger charge is -2.18. The number of H-pyrrole nitrogens is 1. The predicted octanol–water partition coefficient (Wildman–Crippen LogP) is 1.70. The summed E-state index contributed by atoms with van der Waals surface area (Å²) in [7, 11) is 1.77. The first-order valence-electron chi connectivity index (χ1n) is 7.75. The van der Waals surface area contributed by atoms with Gasteiger partial charge in [0.05, 0.1) is 17.9 Å². The molecule has 2 aromatic rings. The Balaban J connectivity index is 1.57. The minimum Gasteiger partial charge on any atom is -0.353 e. The number of amides is 2. The zero-order valence-corrected chi connectivity index (χ0v) is 13.1. The zero-order chi connectivity index (χ0) is 16.2. The van der Waals surface area contributed by atoms with Crippen LogP contribution in [0.3, 0.4) is 0 Å². The van der Waals surface area contributed by atoms with Crippen molar-refractivity contribution in [1.29, 1.82) is 0 Å². The second-order valence-corrected chi connectivity index (χ2v) is 5.90. The van der Waals surface area contributed by atoms with E-state index in [0.29, 0.717) is 19.4 Å². The van der Waals surface area contributed by atoms with Crippen LogP contribution in [0.25, 0.3) is 11.3 Å². The highest BCUT2D eigenvalue weighted by Crippen LogP contribution is 2.18. The average molecular weight is 312 g/mol. The largest absolute Gasteiger partial charge is 0.353 e. The predicted molar refractivity (Wildman–Crippen MR) is 86.3 cm³/mol. The molecule has 0 bridgehead atoms. The summed E-state index contributed by atoms with van der Waals surface area (Å²) in [6, 6.07) is 11.8. The fraction of sp³-hybridized carbons (Fsp3) is 0.353. The molecule has 2 N–H and O–H groups in total. The van der Waals surface area contributed by atoms with Crippen molar-refractivity contribution in [3.8, 4) is 11.3 Å². The molecule has 0 saturated carbocycles. The van der Waals surface area contributed by atoms with E-state index in [4.69, 9.17) is 0 Å². The van der Waals surface area contributed by atoms with Crippen molar-refractivity contribution in [3.63, 3.8) is 0 Å². The molecule has 0 aliphatic carbocycles. The van der Waals surface area contributed by atoms with Crippen LogP contribution in [0.5, 0.6) is 0 Å². The first-order chi connectivity index (χ1) is 11.1. The molecule has 1 aliphatic heterocycles. The molecule has 0 spiro atoms. The second-order valence-electron chi connectivity index (χ2n) is 5.90. The molecule has 1 aromatic carbocycles. The van der Waals surface area contributed by atoms with E-state index in [9.17, 15) is 9.59 Å². The molecule has 1 aromatic heterocycles. The lowest BCUT2D eigenvalue weighted by atomic mass is 10.1. The monoisotopic (exact) mass is 312 g/mol. The highest BCUT2D eigenvalue weighted by molar-refractivity contribution is 5.81. The van der Waals surface area contributed by atoms with Gasteiger partial charge in [-0.3, -0.25) is 14.7 Å². The van der Waals surface area contributed by atoms with Crippen LogP contribution >= 0.6 is 0 Å². The Bertz CT molecular complexity index is 696. The first-order valence-corrected chi connectivity index (χ1v) is 7.75. The second kappa shape index (κ2) is 6.64. The van der Waals surface area contributed by atoms with Gasteiger partial charge in [0.25, 0.3) is 0 Å². The van der Waals surface area contributed by atoms with Crippen LogP contribution in [0.2, 0.25) is 0 Å². The number of aromatic nitrogens is 2. The minimum absolute atomic E-state index is 0.0214. The number of nitrogens with one attached hydrogen (secondary N) is 2. The van der Waals surface area contributed by atoms with Gasteiger partial charge in [-0.05, 0) is 12.5 Å². The summed E-state index contributed by atoms with van der Waals surface area (Å²) in [5, 5.41) is 10.1. The van der Waals surface area contributed by atoms with Gasteiger partial charge < -0.3 is 10.2 Å². The van der Waals surface area contributed by atoms with E-state index in [1.807, 2.05) is 36.4 Å². The van der Waals surface area contributed by atoms with Gasteiger partial charge in [-0.25, -0.2) is 0 Å². The van der Waals surface area contributed by atoms with Gasteiger partial charge in [-0.15, -0.1) is 0 Å². The zero-order valence-electron chi connectivity index (χ0n) is 13.1. The van der Waals surface area contributed by atoms with Gasteiger partial charge in [0, 0.05) is 31.5 Å². The number of aromatic amines is 1. The number of carbonyl (C=O) groups is 2. The maximum atomic E-state index is 12.2. The molecule has 6 heteroatoms. The van der Waals surface area contributed by atoms with E-state index >= 15 is 0 Å². The van der Waals surface area contributed by atoms with Crippen molar-refractivity contribution in [2.45, 2.75) is 31.8 Å². The third-order valence-electron chi connectivity index (χ3n) is 4.04. The molecule has 1 fully saturated rings. The third kappa shape index (κ3) is 3.77. The van der Waals surface area contributed by atoms with Crippen LogP contribution in [0.1, 0.15) is 25.0 Å². The van der Waals surface area contributed by atoms with Gasteiger partial charge >= 0.3 is 0 Å². The molecule has 0 radical (unpaired) electrons. The van der Waals surface area contributed by atoms with Crippen LogP contribution in [0.15, 0.2) is 36.4 Å². The highest BCUT2D eigenvalue weighted by atomic mass is 16.2. The van der Waals surface area contributed by atoms with E-state index in [-0.39, 0.29) is 17.9 Å². The molecular weight excluding hydrogens is 292 g/mol. The normalized spacial score (nSPS) is 17.1.